The van der Waals surface area contributed by atoms with Gasteiger partial charge in [0, 0.05) is 37.0 Å². The smallest absolute Gasteiger partial charge is 0.213 e. The van der Waals surface area contributed by atoms with Gasteiger partial charge in [0.25, 0.3) is 0 Å². The van der Waals surface area contributed by atoms with Gasteiger partial charge in [-0.2, -0.15) is 0 Å². The van der Waals surface area contributed by atoms with Gasteiger partial charge in [-0.05, 0) is 30.7 Å². The second kappa shape index (κ2) is 12.2. The number of nitrogens with zero attached hydrogens (tertiary/aromatic N) is 2. The highest BCUT2D eigenvalue weighted by Gasteiger charge is 2.06. The van der Waals surface area contributed by atoms with Crippen LogP contribution in [0.2, 0.25) is 0 Å². The van der Waals surface area contributed by atoms with Gasteiger partial charge in [-0.25, -0.2) is 9.98 Å². The molecule has 1 aromatic heterocycles. The summed E-state index contributed by atoms with van der Waals surface area (Å²) in [6.07, 6.45) is 1.71. The van der Waals surface area contributed by atoms with Crippen molar-refractivity contribution in [2.24, 2.45) is 4.99 Å². The predicted octanol–water partition coefficient (Wildman–Crippen LogP) is 2.98. The molecule has 0 fully saturated rings. The van der Waals surface area contributed by atoms with Crippen molar-refractivity contribution in [2.45, 2.75) is 20.0 Å². The van der Waals surface area contributed by atoms with Crippen LogP contribution in [0, 0.1) is 0 Å². The Balaban J connectivity index is 0.00000364. The van der Waals surface area contributed by atoms with Crippen molar-refractivity contribution in [1.82, 2.24) is 15.6 Å². The Morgan fingerprint density at radius 3 is 2.52 bits per heavy atom. The molecular formula is C19H27IN4O3. The SMILES string of the molecule is CCNC(=NCc1ccnc(OC)c1)NCc1ccc(OC)cc1OC.I. The number of methoxy groups -OCH3 is 3. The monoisotopic (exact) mass is 486 g/mol. The molecule has 0 spiro atoms. The van der Waals surface area contributed by atoms with E-state index in [0.717, 1.165) is 35.1 Å². The summed E-state index contributed by atoms with van der Waals surface area (Å²) in [7, 11) is 4.88. The third kappa shape index (κ3) is 7.12. The maximum Gasteiger partial charge on any atom is 0.213 e. The van der Waals surface area contributed by atoms with Crippen LogP contribution in [0.25, 0.3) is 0 Å². The number of aliphatic imine (C=N–C) groups is 1. The Hall–Kier alpha value is -2.23. The summed E-state index contributed by atoms with van der Waals surface area (Å²) in [4.78, 5) is 8.71. The quantitative estimate of drug-likeness (QED) is 0.340. The first kappa shape index (κ1) is 22.8. The van der Waals surface area contributed by atoms with Crippen LogP contribution < -0.4 is 24.8 Å². The van der Waals surface area contributed by atoms with E-state index in [9.17, 15) is 0 Å². The minimum absolute atomic E-state index is 0. The zero-order valence-corrected chi connectivity index (χ0v) is 18.4. The molecule has 148 valence electrons. The van der Waals surface area contributed by atoms with Gasteiger partial charge in [-0.15, -0.1) is 24.0 Å². The first-order chi connectivity index (χ1) is 12.7. The molecule has 0 aliphatic heterocycles. The third-order valence-electron chi connectivity index (χ3n) is 3.71. The van der Waals surface area contributed by atoms with Crippen LogP contribution in [0.15, 0.2) is 41.5 Å². The largest absolute Gasteiger partial charge is 0.497 e. The average Bonchev–Trinajstić information content (AvgIpc) is 2.70. The molecule has 0 aliphatic carbocycles. The highest BCUT2D eigenvalue weighted by Crippen LogP contribution is 2.24. The van der Waals surface area contributed by atoms with Crippen molar-refractivity contribution < 1.29 is 14.2 Å². The van der Waals surface area contributed by atoms with Crippen LogP contribution in [0.1, 0.15) is 18.1 Å². The minimum atomic E-state index is 0. The number of ether oxygens (including phenoxy) is 3. The molecule has 27 heavy (non-hydrogen) atoms. The van der Waals surface area contributed by atoms with Crippen molar-refractivity contribution in [3.63, 3.8) is 0 Å². The van der Waals surface area contributed by atoms with Gasteiger partial charge in [0.2, 0.25) is 5.88 Å². The van der Waals surface area contributed by atoms with Crippen molar-refractivity contribution in [2.75, 3.05) is 27.9 Å². The second-order valence-electron chi connectivity index (χ2n) is 5.43. The highest BCUT2D eigenvalue weighted by atomic mass is 127. The van der Waals surface area contributed by atoms with E-state index in [0.29, 0.717) is 19.0 Å². The zero-order valence-electron chi connectivity index (χ0n) is 16.1. The Morgan fingerprint density at radius 1 is 1.04 bits per heavy atom. The molecule has 2 aromatic rings. The first-order valence-corrected chi connectivity index (χ1v) is 8.42. The van der Waals surface area contributed by atoms with Gasteiger partial charge < -0.3 is 24.8 Å². The van der Waals surface area contributed by atoms with E-state index < -0.39 is 0 Å². The fraction of sp³-hybridized carbons (Fsp3) is 0.368. The standard InChI is InChI=1S/C19H26N4O3.HI/c1-5-20-19(22-12-14-8-9-21-18(10-14)26-4)23-13-15-6-7-16(24-2)11-17(15)25-3;/h6-11H,5,12-13H2,1-4H3,(H2,20,22,23);1H. The molecule has 0 radical (unpaired) electrons. The van der Waals surface area contributed by atoms with E-state index in [2.05, 4.69) is 20.6 Å². The molecule has 0 saturated carbocycles. The average molecular weight is 486 g/mol. The number of guanidine groups is 1. The molecular weight excluding hydrogens is 459 g/mol. The van der Waals surface area contributed by atoms with E-state index in [1.807, 2.05) is 37.3 Å². The molecule has 2 rings (SSSR count). The minimum Gasteiger partial charge on any atom is -0.497 e. The normalized spacial score (nSPS) is 10.6. The maximum atomic E-state index is 5.43. The summed E-state index contributed by atoms with van der Waals surface area (Å²) < 4.78 is 15.8. The summed E-state index contributed by atoms with van der Waals surface area (Å²) in [5, 5.41) is 6.56. The molecule has 2 N–H and O–H groups in total. The number of halogens is 1. The van der Waals surface area contributed by atoms with Gasteiger partial charge in [0.1, 0.15) is 11.5 Å². The van der Waals surface area contributed by atoms with Crippen LogP contribution >= 0.6 is 24.0 Å². The van der Waals surface area contributed by atoms with Crippen LogP contribution in [0.5, 0.6) is 17.4 Å². The lowest BCUT2D eigenvalue weighted by molar-refractivity contribution is 0.390. The number of rotatable bonds is 8. The summed E-state index contributed by atoms with van der Waals surface area (Å²) in [6, 6.07) is 9.54. The Bertz CT molecular complexity index is 741. The Morgan fingerprint density at radius 2 is 1.85 bits per heavy atom. The summed E-state index contributed by atoms with van der Waals surface area (Å²) in [6.45, 7) is 3.90. The van der Waals surface area contributed by atoms with Gasteiger partial charge in [0.05, 0.1) is 27.9 Å². The molecule has 0 atom stereocenters. The summed E-state index contributed by atoms with van der Waals surface area (Å²) in [5.41, 5.74) is 2.04. The van der Waals surface area contributed by atoms with Crippen LogP contribution in [-0.2, 0) is 13.1 Å². The zero-order chi connectivity index (χ0) is 18.8. The lowest BCUT2D eigenvalue weighted by atomic mass is 10.2. The van der Waals surface area contributed by atoms with E-state index in [-0.39, 0.29) is 24.0 Å². The molecule has 0 saturated heterocycles. The number of pyridine rings is 1. The van der Waals surface area contributed by atoms with E-state index in [1.165, 1.54) is 0 Å². The van der Waals surface area contributed by atoms with Crippen LogP contribution in [0.4, 0.5) is 0 Å². The molecule has 0 bridgehead atoms. The number of benzene rings is 1. The first-order valence-electron chi connectivity index (χ1n) is 8.42. The third-order valence-corrected chi connectivity index (χ3v) is 3.71. The number of aromatic nitrogens is 1. The molecule has 1 aromatic carbocycles. The van der Waals surface area contributed by atoms with Crippen molar-refractivity contribution in [3.8, 4) is 17.4 Å². The fourth-order valence-electron chi connectivity index (χ4n) is 2.35. The van der Waals surface area contributed by atoms with Crippen molar-refractivity contribution >= 4 is 29.9 Å². The molecule has 0 unspecified atom stereocenters. The molecule has 1 heterocycles. The highest BCUT2D eigenvalue weighted by molar-refractivity contribution is 14.0. The van der Waals surface area contributed by atoms with Gasteiger partial charge in [-0.3, -0.25) is 0 Å². The summed E-state index contributed by atoms with van der Waals surface area (Å²) in [5.74, 6) is 2.84. The number of hydrogen-bond donors (Lipinski definition) is 2. The summed E-state index contributed by atoms with van der Waals surface area (Å²) >= 11 is 0. The van der Waals surface area contributed by atoms with Crippen LogP contribution in [0.3, 0.4) is 0 Å². The molecule has 0 aliphatic rings. The van der Waals surface area contributed by atoms with Crippen LogP contribution in [-0.4, -0.2) is 38.8 Å². The molecule has 0 amide bonds. The predicted molar refractivity (Wildman–Crippen MR) is 117 cm³/mol. The second-order valence-corrected chi connectivity index (χ2v) is 5.43. The fourth-order valence-corrected chi connectivity index (χ4v) is 2.35. The van der Waals surface area contributed by atoms with Crippen molar-refractivity contribution in [3.05, 3.63) is 47.7 Å². The number of nitrogens with one attached hydrogen (secondary N) is 2. The van der Waals surface area contributed by atoms with Gasteiger partial charge in [0.15, 0.2) is 5.96 Å². The molecule has 8 heteroatoms. The van der Waals surface area contributed by atoms with Crippen molar-refractivity contribution in [1.29, 1.82) is 0 Å². The van der Waals surface area contributed by atoms with E-state index in [4.69, 9.17) is 14.2 Å². The van der Waals surface area contributed by atoms with E-state index in [1.54, 1.807) is 27.5 Å². The lowest BCUT2D eigenvalue weighted by Crippen LogP contribution is -2.36. The lowest BCUT2D eigenvalue weighted by Gasteiger charge is -2.14. The Labute approximate surface area is 177 Å². The van der Waals surface area contributed by atoms with Gasteiger partial charge in [-0.1, -0.05) is 0 Å². The molecule has 7 nitrogen and oxygen atoms in total. The topological polar surface area (TPSA) is 77.0 Å². The number of hydrogen-bond acceptors (Lipinski definition) is 5. The van der Waals surface area contributed by atoms with E-state index >= 15 is 0 Å². The van der Waals surface area contributed by atoms with Gasteiger partial charge >= 0.3 is 0 Å². The Kier molecular flexibility index (Phi) is 10.3. The maximum absolute atomic E-state index is 5.43.